The van der Waals surface area contributed by atoms with Crippen LogP contribution in [0, 0.1) is 6.92 Å². The largest absolute Gasteiger partial charge is 0.457 e. The molecule has 0 bridgehead atoms. The van der Waals surface area contributed by atoms with E-state index in [2.05, 4.69) is 59.7 Å². The van der Waals surface area contributed by atoms with Crippen molar-refractivity contribution >= 4 is 5.96 Å². The zero-order chi connectivity index (χ0) is 21.4. The second kappa shape index (κ2) is 10.5. The van der Waals surface area contributed by atoms with Crippen LogP contribution >= 0.6 is 0 Å². The van der Waals surface area contributed by atoms with Gasteiger partial charge in [0.2, 0.25) is 0 Å². The molecule has 162 valence electrons. The molecule has 1 aliphatic rings. The molecule has 1 fully saturated rings. The third-order valence-corrected chi connectivity index (χ3v) is 5.82. The molecule has 2 N–H and O–H groups in total. The predicted molar refractivity (Wildman–Crippen MR) is 122 cm³/mol. The number of guanidine groups is 1. The summed E-state index contributed by atoms with van der Waals surface area (Å²) >= 11 is 0. The number of aliphatic imine (C=N–C) groups is 1. The number of likely N-dealkylation sites (N-methyl/N-ethyl adjacent to an activating group) is 1. The van der Waals surface area contributed by atoms with E-state index in [0.717, 1.165) is 55.6 Å². The molecule has 0 atom stereocenters. The van der Waals surface area contributed by atoms with Crippen LogP contribution in [0.1, 0.15) is 24.0 Å². The monoisotopic (exact) mass is 410 g/mol. The molecular weight excluding hydrogens is 376 g/mol. The van der Waals surface area contributed by atoms with Crippen LogP contribution in [-0.2, 0) is 11.3 Å². The van der Waals surface area contributed by atoms with Gasteiger partial charge < -0.3 is 25.0 Å². The highest BCUT2D eigenvalue weighted by molar-refractivity contribution is 5.79. The lowest BCUT2D eigenvalue weighted by atomic mass is 9.88. The average Bonchev–Trinajstić information content (AvgIpc) is 2.76. The van der Waals surface area contributed by atoms with Gasteiger partial charge in [-0.25, -0.2) is 0 Å². The predicted octanol–water partition coefficient (Wildman–Crippen LogP) is 3.56. The molecule has 2 aromatic rings. The zero-order valence-electron chi connectivity index (χ0n) is 18.6. The van der Waals surface area contributed by atoms with Crippen molar-refractivity contribution in [3.8, 4) is 11.5 Å². The topological polar surface area (TPSA) is 58.1 Å². The number of nitrogens with zero attached hydrogens (tertiary/aromatic N) is 2. The summed E-state index contributed by atoms with van der Waals surface area (Å²) in [7, 11) is 6.09. The van der Waals surface area contributed by atoms with Crippen LogP contribution in [0.15, 0.2) is 53.5 Å². The van der Waals surface area contributed by atoms with Gasteiger partial charge in [0.15, 0.2) is 5.96 Å². The lowest BCUT2D eigenvalue weighted by molar-refractivity contribution is -0.00501. The summed E-state index contributed by atoms with van der Waals surface area (Å²) in [4.78, 5) is 6.72. The van der Waals surface area contributed by atoms with Gasteiger partial charge in [0.05, 0.1) is 0 Å². The van der Waals surface area contributed by atoms with Crippen LogP contribution in [0.3, 0.4) is 0 Å². The molecule has 6 heteroatoms. The Morgan fingerprint density at radius 3 is 2.50 bits per heavy atom. The van der Waals surface area contributed by atoms with Gasteiger partial charge in [0.25, 0.3) is 0 Å². The number of ether oxygens (including phenoxy) is 2. The van der Waals surface area contributed by atoms with E-state index in [1.807, 2.05) is 30.3 Å². The Balaban J connectivity index is 1.63. The fraction of sp³-hybridized carbons (Fsp3) is 0.458. The maximum Gasteiger partial charge on any atom is 0.191 e. The number of aryl methyl sites for hydroxylation is 1. The van der Waals surface area contributed by atoms with Gasteiger partial charge in [0.1, 0.15) is 11.5 Å². The highest BCUT2D eigenvalue weighted by Gasteiger charge is 2.34. The molecule has 0 aliphatic carbocycles. The molecule has 0 amide bonds. The number of hydrogen-bond donors (Lipinski definition) is 2. The molecule has 3 rings (SSSR count). The van der Waals surface area contributed by atoms with Crippen LogP contribution in [0.5, 0.6) is 11.5 Å². The molecule has 2 aromatic carbocycles. The van der Waals surface area contributed by atoms with E-state index in [9.17, 15) is 0 Å². The Bertz CT molecular complexity index is 830. The van der Waals surface area contributed by atoms with Gasteiger partial charge in [-0.1, -0.05) is 30.3 Å². The van der Waals surface area contributed by atoms with E-state index in [1.54, 1.807) is 7.05 Å². The number of para-hydroxylation sites is 1. The Labute approximate surface area is 180 Å². The minimum Gasteiger partial charge on any atom is -0.457 e. The van der Waals surface area contributed by atoms with Crippen LogP contribution in [-0.4, -0.2) is 57.3 Å². The van der Waals surface area contributed by atoms with Crippen molar-refractivity contribution in [2.75, 3.05) is 40.9 Å². The summed E-state index contributed by atoms with van der Waals surface area (Å²) in [5.41, 5.74) is 2.34. The Morgan fingerprint density at radius 2 is 1.83 bits per heavy atom. The molecule has 0 spiro atoms. The Hall–Kier alpha value is -2.57. The van der Waals surface area contributed by atoms with Crippen molar-refractivity contribution in [1.29, 1.82) is 0 Å². The van der Waals surface area contributed by atoms with E-state index >= 15 is 0 Å². The summed E-state index contributed by atoms with van der Waals surface area (Å²) in [5.74, 6) is 2.48. The number of hydrogen-bond acceptors (Lipinski definition) is 4. The van der Waals surface area contributed by atoms with E-state index in [1.165, 1.54) is 5.56 Å². The van der Waals surface area contributed by atoms with Crippen LogP contribution in [0.2, 0.25) is 0 Å². The molecule has 0 aromatic heterocycles. The molecule has 0 unspecified atom stereocenters. The van der Waals surface area contributed by atoms with E-state index in [0.29, 0.717) is 6.54 Å². The van der Waals surface area contributed by atoms with Gasteiger partial charge in [0, 0.05) is 44.5 Å². The van der Waals surface area contributed by atoms with Crippen molar-refractivity contribution in [2.24, 2.45) is 4.99 Å². The second-order valence-electron chi connectivity index (χ2n) is 8.04. The maximum absolute atomic E-state index is 6.14. The summed E-state index contributed by atoms with van der Waals surface area (Å²) in [5, 5.41) is 6.95. The lowest BCUT2D eigenvalue weighted by Gasteiger charge is -2.43. The molecule has 1 saturated heterocycles. The fourth-order valence-corrected chi connectivity index (χ4v) is 3.70. The minimum atomic E-state index is 0.0846. The normalized spacial score (nSPS) is 16.4. The number of rotatable bonds is 7. The molecule has 0 saturated carbocycles. The first kappa shape index (κ1) is 22.1. The van der Waals surface area contributed by atoms with E-state index in [4.69, 9.17) is 9.47 Å². The van der Waals surface area contributed by atoms with Crippen LogP contribution in [0.4, 0.5) is 0 Å². The standard InChI is InChI=1S/C24H34N4O2/c1-19-10-11-20(22(16-19)30-21-8-6-5-7-9-21)17-26-23(25-2)27-18-24(28(3)4)12-14-29-15-13-24/h5-11,16H,12-15,17-18H2,1-4H3,(H2,25,26,27). The van der Waals surface area contributed by atoms with E-state index < -0.39 is 0 Å². The van der Waals surface area contributed by atoms with Crippen molar-refractivity contribution in [3.63, 3.8) is 0 Å². The van der Waals surface area contributed by atoms with Gasteiger partial charge >= 0.3 is 0 Å². The molecule has 6 nitrogen and oxygen atoms in total. The van der Waals surface area contributed by atoms with Gasteiger partial charge in [-0.05, 0) is 57.6 Å². The Kier molecular flexibility index (Phi) is 7.71. The van der Waals surface area contributed by atoms with Crippen molar-refractivity contribution in [3.05, 3.63) is 59.7 Å². The van der Waals surface area contributed by atoms with Crippen LogP contribution < -0.4 is 15.4 Å². The first-order chi connectivity index (χ1) is 14.5. The molecule has 1 heterocycles. The highest BCUT2D eigenvalue weighted by Crippen LogP contribution is 2.27. The summed E-state index contributed by atoms with van der Waals surface area (Å²) in [6.45, 7) is 5.12. The third-order valence-electron chi connectivity index (χ3n) is 5.82. The maximum atomic E-state index is 6.14. The minimum absolute atomic E-state index is 0.0846. The summed E-state index contributed by atoms with van der Waals surface area (Å²) < 4.78 is 11.7. The zero-order valence-corrected chi connectivity index (χ0v) is 18.6. The summed E-state index contributed by atoms with van der Waals surface area (Å²) in [6, 6.07) is 16.2. The van der Waals surface area contributed by atoms with Gasteiger partial charge in [-0.2, -0.15) is 0 Å². The number of nitrogens with one attached hydrogen (secondary N) is 2. The molecule has 1 aliphatic heterocycles. The van der Waals surface area contributed by atoms with Crippen LogP contribution in [0.25, 0.3) is 0 Å². The lowest BCUT2D eigenvalue weighted by Crippen LogP contribution is -2.57. The van der Waals surface area contributed by atoms with Crippen molar-refractivity contribution in [1.82, 2.24) is 15.5 Å². The van der Waals surface area contributed by atoms with E-state index in [-0.39, 0.29) is 5.54 Å². The average molecular weight is 411 g/mol. The van der Waals surface area contributed by atoms with Gasteiger partial charge in [-0.15, -0.1) is 0 Å². The fourth-order valence-electron chi connectivity index (χ4n) is 3.70. The molecule has 0 radical (unpaired) electrons. The summed E-state index contributed by atoms with van der Waals surface area (Å²) in [6.07, 6.45) is 2.02. The smallest absolute Gasteiger partial charge is 0.191 e. The SMILES string of the molecule is CN=C(NCc1ccc(C)cc1Oc1ccccc1)NCC1(N(C)C)CCOCC1. The molecule has 30 heavy (non-hydrogen) atoms. The second-order valence-corrected chi connectivity index (χ2v) is 8.04. The van der Waals surface area contributed by atoms with Crippen molar-refractivity contribution in [2.45, 2.75) is 31.8 Å². The molecular formula is C24H34N4O2. The quantitative estimate of drug-likeness (QED) is 0.540. The third kappa shape index (κ3) is 5.74. The first-order valence-corrected chi connectivity index (χ1v) is 10.5. The van der Waals surface area contributed by atoms with Crippen molar-refractivity contribution < 1.29 is 9.47 Å². The van der Waals surface area contributed by atoms with Gasteiger partial charge in [-0.3, -0.25) is 4.99 Å². The Morgan fingerprint density at radius 1 is 1.10 bits per heavy atom. The number of benzene rings is 2. The highest BCUT2D eigenvalue weighted by atomic mass is 16.5. The first-order valence-electron chi connectivity index (χ1n) is 10.5.